The van der Waals surface area contributed by atoms with Crippen molar-refractivity contribution in [1.82, 2.24) is 5.32 Å². The van der Waals surface area contributed by atoms with E-state index in [0.717, 1.165) is 6.42 Å². The minimum absolute atomic E-state index is 0.445. The molecule has 1 N–H and O–H groups in total. The summed E-state index contributed by atoms with van der Waals surface area (Å²) in [6, 6.07) is 7.51. The van der Waals surface area contributed by atoms with Crippen LogP contribution in [0.5, 0.6) is 0 Å². The Balaban J connectivity index is 1.87. The highest BCUT2D eigenvalue weighted by atomic mass is 32.1. The number of hydrogen-bond donors (Lipinski definition) is 1. The van der Waals surface area contributed by atoms with E-state index >= 15 is 0 Å². The Bertz CT molecular complexity index is 609. The summed E-state index contributed by atoms with van der Waals surface area (Å²) in [4.78, 5) is 3.14. The third-order valence-electron chi connectivity index (χ3n) is 4.71. The molecule has 0 saturated carbocycles. The van der Waals surface area contributed by atoms with E-state index in [1.54, 1.807) is 10.4 Å². The molecule has 0 aliphatic heterocycles. The van der Waals surface area contributed by atoms with E-state index in [1.165, 1.54) is 46.4 Å². The van der Waals surface area contributed by atoms with Crippen LogP contribution in [0.25, 0.3) is 0 Å². The van der Waals surface area contributed by atoms with E-state index in [9.17, 15) is 0 Å². The van der Waals surface area contributed by atoms with Gasteiger partial charge in [-0.2, -0.15) is 0 Å². The molecule has 0 spiro atoms. The summed E-state index contributed by atoms with van der Waals surface area (Å²) >= 11 is 2.03. The average Bonchev–Trinajstić information content (AvgIpc) is 2.98. The highest BCUT2D eigenvalue weighted by Gasteiger charge is 2.20. The Morgan fingerprint density at radius 3 is 2.43 bits per heavy atom. The van der Waals surface area contributed by atoms with Crippen molar-refractivity contribution < 1.29 is 0 Å². The van der Waals surface area contributed by atoms with Crippen molar-refractivity contribution in [2.24, 2.45) is 0 Å². The maximum Gasteiger partial charge on any atom is 0.0453 e. The Kier molecular flexibility index (Phi) is 4.19. The summed E-state index contributed by atoms with van der Waals surface area (Å²) < 4.78 is 0. The fourth-order valence-electron chi connectivity index (χ4n) is 3.60. The molecule has 2 aromatic rings. The van der Waals surface area contributed by atoms with Crippen LogP contribution >= 0.6 is 11.3 Å². The van der Waals surface area contributed by atoms with Gasteiger partial charge in [0.15, 0.2) is 0 Å². The van der Waals surface area contributed by atoms with Crippen LogP contribution in [0.3, 0.4) is 0 Å². The maximum absolute atomic E-state index is 3.54. The summed E-state index contributed by atoms with van der Waals surface area (Å²) in [5.74, 6) is 0. The molecule has 0 radical (unpaired) electrons. The normalized spacial score (nSPS) is 15.2. The van der Waals surface area contributed by atoms with Gasteiger partial charge in [0.25, 0.3) is 0 Å². The fraction of sp³-hybridized carbons (Fsp3) is 0.474. The predicted molar refractivity (Wildman–Crippen MR) is 92.5 cm³/mol. The molecule has 0 fully saturated rings. The number of hydrogen-bond acceptors (Lipinski definition) is 2. The summed E-state index contributed by atoms with van der Waals surface area (Å²) in [5.41, 5.74) is 7.33. The predicted octanol–water partition coefficient (Wildman–Crippen LogP) is 4.67. The molecule has 2 heteroatoms. The lowest BCUT2D eigenvalue weighted by atomic mass is 9.94. The van der Waals surface area contributed by atoms with E-state index in [0.29, 0.717) is 6.04 Å². The molecular formula is C19H25NS. The Hall–Kier alpha value is -1.12. The van der Waals surface area contributed by atoms with Crippen molar-refractivity contribution in [2.75, 3.05) is 7.05 Å². The van der Waals surface area contributed by atoms with E-state index in [2.05, 4.69) is 51.3 Å². The quantitative estimate of drug-likeness (QED) is 0.865. The fourth-order valence-corrected chi connectivity index (χ4v) is 4.97. The van der Waals surface area contributed by atoms with Gasteiger partial charge < -0.3 is 5.32 Å². The second-order valence-electron chi connectivity index (χ2n) is 6.37. The topological polar surface area (TPSA) is 12.0 Å². The molecule has 0 saturated heterocycles. The van der Waals surface area contributed by atoms with E-state index in [4.69, 9.17) is 0 Å². The van der Waals surface area contributed by atoms with Crippen molar-refractivity contribution in [1.29, 1.82) is 0 Å². The molecule has 1 unspecified atom stereocenters. The van der Waals surface area contributed by atoms with Crippen molar-refractivity contribution in [2.45, 2.75) is 52.5 Å². The van der Waals surface area contributed by atoms with E-state index < -0.39 is 0 Å². The first-order chi connectivity index (χ1) is 10.1. The van der Waals surface area contributed by atoms with Crippen LogP contribution in [0.15, 0.2) is 18.2 Å². The van der Waals surface area contributed by atoms with Crippen LogP contribution in [0.4, 0.5) is 0 Å². The number of fused-ring (bicyclic) bond motifs is 1. The minimum Gasteiger partial charge on any atom is -0.312 e. The van der Waals surface area contributed by atoms with Crippen molar-refractivity contribution in [3.8, 4) is 0 Å². The lowest BCUT2D eigenvalue weighted by Gasteiger charge is -2.19. The molecule has 21 heavy (non-hydrogen) atoms. The Labute approximate surface area is 132 Å². The van der Waals surface area contributed by atoms with Gasteiger partial charge in [-0.05, 0) is 81.8 Å². The molecule has 112 valence electrons. The first-order valence-electron chi connectivity index (χ1n) is 7.94. The van der Waals surface area contributed by atoms with Crippen LogP contribution in [0.2, 0.25) is 0 Å². The highest BCUT2D eigenvalue weighted by Crippen LogP contribution is 2.35. The Morgan fingerprint density at radius 2 is 1.81 bits per heavy atom. The van der Waals surface area contributed by atoms with Crippen LogP contribution in [-0.2, 0) is 19.3 Å². The molecule has 1 nitrogen and oxygen atoms in total. The average molecular weight is 299 g/mol. The lowest BCUT2D eigenvalue weighted by Crippen LogP contribution is -2.18. The number of benzene rings is 1. The van der Waals surface area contributed by atoms with Crippen LogP contribution in [0.1, 0.15) is 50.0 Å². The third-order valence-corrected chi connectivity index (χ3v) is 6.06. The Morgan fingerprint density at radius 1 is 1.10 bits per heavy atom. The van der Waals surface area contributed by atoms with Gasteiger partial charge >= 0.3 is 0 Å². The summed E-state index contributed by atoms with van der Waals surface area (Å²) in [7, 11) is 2.09. The van der Waals surface area contributed by atoms with Gasteiger partial charge in [0.05, 0.1) is 0 Å². The third kappa shape index (κ3) is 2.93. The molecule has 1 atom stereocenters. The van der Waals surface area contributed by atoms with Gasteiger partial charge in [-0.3, -0.25) is 0 Å². The minimum atomic E-state index is 0.445. The molecule has 1 aromatic carbocycles. The molecule has 1 heterocycles. The summed E-state index contributed by atoms with van der Waals surface area (Å²) in [6.45, 7) is 6.68. The SMILES string of the molecule is CNC(Cc1c(C)cc(C)cc1C)c1cc2c(s1)CCC2. The first kappa shape index (κ1) is 14.8. The zero-order chi connectivity index (χ0) is 15.0. The second kappa shape index (κ2) is 5.94. The van der Waals surface area contributed by atoms with Crippen LogP contribution in [-0.4, -0.2) is 7.05 Å². The van der Waals surface area contributed by atoms with Crippen molar-refractivity contribution in [3.63, 3.8) is 0 Å². The van der Waals surface area contributed by atoms with E-state index in [-0.39, 0.29) is 0 Å². The molecule has 1 aliphatic rings. The standard InChI is InChI=1S/C19H25NS/c1-12-8-13(2)16(14(3)9-12)11-17(20-4)19-10-15-6-5-7-18(15)21-19/h8-10,17,20H,5-7,11H2,1-4H3. The number of likely N-dealkylation sites (N-methyl/N-ethyl adjacent to an activating group) is 1. The zero-order valence-corrected chi connectivity index (χ0v) is 14.4. The van der Waals surface area contributed by atoms with Crippen LogP contribution in [0, 0.1) is 20.8 Å². The van der Waals surface area contributed by atoms with Gasteiger partial charge in [0.2, 0.25) is 0 Å². The number of aryl methyl sites for hydroxylation is 5. The van der Waals surface area contributed by atoms with Gasteiger partial charge in [-0.1, -0.05) is 17.7 Å². The summed E-state index contributed by atoms with van der Waals surface area (Å²) in [6.07, 6.45) is 5.01. The number of rotatable bonds is 4. The van der Waals surface area contributed by atoms with Gasteiger partial charge in [-0.15, -0.1) is 11.3 Å². The molecule has 3 rings (SSSR count). The summed E-state index contributed by atoms with van der Waals surface area (Å²) in [5, 5.41) is 3.54. The highest BCUT2D eigenvalue weighted by molar-refractivity contribution is 7.12. The molecule has 1 aromatic heterocycles. The second-order valence-corrected chi connectivity index (χ2v) is 7.54. The molecule has 0 bridgehead atoms. The molecule has 0 amide bonds. The van der Waals surface area contributed by atoms with Gasteiger partial charge in [0.1, 0.15) is 0 Å². The van der Waals surface area contributed by atoms with E-state index in [1.807, 2.05) is 11.3 Å². The first-order valence-corrected chi connectivity index (χ1v) is 8.75. The van der Waals surface area contributed by atoms with Crippen LogP contribution < -0.4 is 5.32 Å². The molecular weight excluding hydrogens is 274 g/mol. The van der Waals surface area contributed by atoms with Gasteiger partial charge in [-0.25, -0.2) is 0 Å². The van der Waals surface area contributed by atoms with Crippen molar-refractivity contribution in [3.05, 3.63) is 55.8 Å². The number of thiophene rings is 1. The lowest BCUT2D eigenvalue weighted by molar-refractivity contribution is 0.598. The monoisotopic (exact) mass is 299 g/mol. The number of nitrogens with one attached hydrogen (secondary N) is 1. The van der Waals surface area contributed by atoms with Gasteiger partial charge in [0, 0.05) is 15.8 Å². The van der Waals surface area contributed by atoms with Crippen molar-refractivity contribution >= 4 is 11.3 Å². The zero-order valence-electron chi connectivity index (χ0n) is 13.5. The smallest absolute Gasteiger partial charge is 0.0453 e. The largest absolute Gasteiger partial charge is 0.312 e. The molecule has 1 aliphatic carbocycles. The maximum atomic E-state index is 3.54.